The summed E-state index contributed by atoms with van der Waals surface area (Å²) >= 11 is 1.52. The number of carboxylic acid groups (broad SMARTS) is 1. The number of thiazole rings is 1. The monoisotopic (exact) mass is 256 g/mol. The second-order valence-electron chi connectivity index (χ2n) is 5.50. The maximum atomic E-state index is 10.8. The van der Waals surface area contributed by atoms with Gasteiger partial charge in [0, 0.05) is 11.4 Å². The van der Waals surface area contributed by atoms with E-state index < -0.39 is 5.97 Å². The van der Waals surface area contributed by atoms with E-state index in [1.807, 2.05) is 12.3 Å². The van der Waals surface area contributed by atoms with Gasteiger partial charge < -0.3 is 10.4 Å². The van der Waals surface area contributed by atoms with Crippen molar-refractivity contribution in [3.63, 3.8) is 0 Å². The highest BCUT2D eigenvalue weighted by Gasteiger charge is 2.21. The van der Waals surface area contributed by atoms with Gasteiger partial charge in [-0.25, -0.2) is 4.98 Å². The Balaban J connectivity index is 2.66. The number of aliphatic carboxylic acids is 1. The molecule has 0 saturated heterocycles. The Labute approximate surface area is 106 Å². The summed E-state index contributed by atoms with van der Waals surface area (Å²) in [6, 6.07) is -0.0713. The molecule has 0 aliphatic rings. The molecular formula is C12H20N2O2S. The highest BCUT2D eigenvalue weighted by atomic mass is 32.1. The fourth-order valence-electron chi connectivity index (χ4n) is 1.72. The van der Waals surface area contributed by atoms with E-state index in [0.717, 1.165) is 17.2 Å². The van der Waals surface area contributed by atoms with Crippen LogP contribution in [0.3, 0.4) is 0 Å². The van der Waals surface area contributed by atoms with Gasteiger partial charge in [-0.1, -0.05) is 20.8 Å². The van der Waals surface area contributed by atoms with Crippen LogP contribution < -0.4 is 5.32 Å². The molecule has 0 aliphatic carbocycles. The number of anilines is 1. The zero-order valence-electron chi connectivity index (χ0n) is 10.8. The molecule has 0 fully saturated rings. The van der Waals surface area contributed by atoms with Gasteiger partial charge >= 0.3 is 5.97 Å². The molecule has 0 amide bonds. The predicted octanol–water partition coefficient (Wildman–Crippen LogP) is 3.14. The van der Waals surface area contributed by atoms with Crippen LogP contribution >= 0.6 is 11.3 Å². The van der Waals surface area contributed by atoms with E-state index in [1.54, 1.807) is 0 Å². The van der Waals surface area contributed by atoms with E-state index in [4.69, 9.17) is 5.11 Å². The fourth-order valence-corrected chi connectivity index (χ4v) is 2.49. The van der Waals surface area contributed by atoms with E-state index >= 15 is 0 Å². The van der Waals surface area contributed by atoms with Gasteiger partial charge in [0.2, 0.25) is 0 Å². The molecule has 0 bridgehead atoms. The summed E-state index contributed by atoms with van der Waals surface area (Å²) < 4.78 is 0. The first-order chi connectivity index (χ1) is 7.76. The van der Waals surface area contributed by atoms with Crippen molar-refractivity contribution in [1.82, 2.24) is 4.98 Å². The topological polar surface area (TPSA) is 62.2 Å². The van der Waals surface area contributed by atoms with Crippen LogP contribution in [0.15, 0.2) is 5.38 Å². The molecule has 0 aromatic carbocycles. The molecular weight excluding hydrogens is 236 g/mol. The lowest BCUT2D eigenvalue weighted by molar-refractivity contribution is -0.137. The SMILES string of the molecule is Cc1csc(NC(CC(=O)O)CC(C)(C)C)n1. The van der Waals surface area contributed by atoms with Crippen molar-refractivity contribution in [3.8, 4) is 0 Å². The summed E-state index contributed by atoms with van der Waals surface area (Å²) in [4.78, 5) is 15.1. The summed E-state index contributed by atoms with van der Waals surface area (Å²) in [5.74, 6) is -0.778. The predicted molar refractivity (Wildman–Crippen MR) is 70.6 cm³/mol. The van der Waals surface area contributed by atoms with Crippen molar-refractivity contribution in [1.29, 1.82) is 0 Å². The van der Waals surface area contributed by atoms with E-state index in [1.165, 1.54) is 11.3 Å². The summed E-state index contributed by atoms with van der Waals surface area (Å²) in [7, 11) is 0. The lowest BCUT2D eigenvalue weighted by atomic mass is 9.87. The molecule has 1 rings (SSSR count). The first-order valence-electron chi connectivity index (χ1n) is 5.67. The van der Waals surface area contributed by atoms with Crippen LogP contribution in [0, 0.1) is 12.3 Å². The standard InChI is InChI=1S/C12H20N2O2S/c1-8-7-17-11(13-8)14-9(5-10(15)16)6-12(2,3)4/h7,9H,5-6H2,1-4H3,(H,13,14)(H,15,16). The highest BCUT2D eigenvalue weighted by molar-refractivity contribution is 7.13. The Morgan fingerprint density at radius 1 is 1.59 bits per heavy atom. The number of carboxylic acids is 1. The van der Waals surface area contributed by atoms with Crippen LogP contribution in [-0.2, 0) is 4.79 Å². The lowest BCUT2D eigenvalue weighted by Crippen LogP contribution is -2.28. The van der Waals surface area contributed by atoms with E-state index in [9.17, 15) is 4.79 Å². The van der Waals surface area contributed by atoms with E-state index in [0.29, 0.717) is 0 Å². The number of aryl methyl sites for hydroxylation is 1. The Kier molecular flexibility index (Phi) is 4.51. The van der Waals surface area contributed by atoms with E-state index in [2.05, 4.69) is 31.1 Å². The van der Waals surface area contributed by atoms with Crippen LogP contribution in [-0.4, -0.2) is 22.1 Å². The van der Waals surface area contributed by atoms with Gasteiger partial charge in [-0.2, -0.15) is 0 Å². The normalized spacial score (nSPS) is 13.4. The molecule has 0 aliphatic heterocycles. The second kappa shape index (κ2) is 5.49. The molecule has 1 atom stereocenters. The molecule has 2 N–H and O–H groups in total. The molecule has 1 aromatic heterocycles. The third-order valence-electron chi connectivity index (χ3n) is 2.23. The quantitative estimate of drug-likeness (QED) is 0.849. The summed E-state index contributed by atoms with van der Waals surface area (Å²) in [6.07, 6.45) is 0.924. The zero-order chi connectivity index (χ0) is 13.1. The largest absolute Gasteiger partial charge is 0.481 e. The Hall–Kier alpha value is -1.10. The average Bonchev–Trinajstić information content (AvgIpc) is 2.46. The minimum Gasteiger partial charge on any atom is -0.481 e. The number of carbonyl (C=O) groups is 1. The smallest absolute Gasteiger partial charge is 0.305 e. The molecule has 0 radical (unpaired) electrons. The summed E-state index contributed by atoms with van der Waals surface area (Å²) in [6.45, 7) is 8.25. The van der Waals surface area contributed by atoms with Gasteiger partial charge in [-0.3, -0.25) is 4.79 Å². The van der Waals surface area contributed by atoms with Crippen LogP contribution in [0.2, 0.25) is 0 Å². The number of hydrogen-bond donors (Lipinski definition) is 2. The van der Waals surface area contributed by atoms with Crippen molar-refractivity contribution in [2.24, 2.45) is 5.41 Å². The van der Waals surface area contributed by atoms with Crippen molar-refractivity contribution < 1.29 is 9.90 Å². The van der Waals surface area contributed by atoms with Crippen molar-refractivity contribution in [2.45, 2.75) is 46.6 Å². The van der Waals surface area contributed by atoms with Gasteiger partial charge in [0.15, 0.2) is 5.13 Å². The Bertz CT molecular complexity index is 382. The number of aromatic nitrogens is 1. The first-order valence-corrected chi connectivity index (χ1v) is 6.55. The van der Waals surface area contributed by atoms with Gasteiger partial charge in [0.05, 0.1) is 12.1 Å². The van der Waals surface area contributed by atoms with Crippen molar-refractivity contribution >= 4 is 22.4 Å². The summed E-state index contributed by atoms with van der Waals surface area (Å²) in [5.41, 5.74) is 1.06. The average molecular weight is 256 g/mol. The third-order valence-corrected chi connectivity index (χ3v) is 3.12. The molecule has 4 nitrogen and oxygen atoms in total. The van der Waals surface area contributed by atoms with Gasteiger partial charge in [0.25, 0.3) is 0 Å². The Morgan fingerprint density at radius 3 is 2.65 bits per heavy atom. The molecule has 1 aromatic rings. The Morgan fingerprint density at radius 2 is 2.24 bits per heavy atom. The second-order valence-corrected chi connectivity index (χ2v) is 6.36. The van der Waals surface area contributed by atoms with Gasteiger partial charge in [-0.05, 0) is 18.8 Å². The number of hydrogen-bond acceptors (Lipinski definition) is 4. The number of rotatable bonds is 5. The zero-order valence-corrected chi connectivity index (χ0v) is 11.6. The molecule has 1 heterocycles. The molecule has 96 valence electrons. The minimum atomic E-state index is -0.778. The lowest BCUT2D eigenvalue weighted by Gasteiger charge is -2.25. The van der Waals surface area contributed by atoms with Crippen LogP contribution in [0.25, 0.3) is 0 Å². The van der Waals surface area contributed by atoms with Gasteiger partial charge in [0.1, 0.15) is 0 Å². The summed E-state index contributed by atoms with van der Waals surface area (Å²) in [5, 5.41) is 14.9. The van der Waals surface area contributed by atoms with Crippen LogP contribution in [0.4, 0.5) is 5.13 Å². The maximum Gasteiger partial charge on any atom is 0.305 e. The van der Waals surface area contributed by atoms with Crippen LogP contribution in [0.1, 0.15) is 39.3 Å². The maximum absolute atomic E-state index is 10.8. The third kappa shape index (κ3) is 5.68. The van der Waals surface area contributed by atoms with Crippen molar-refractivity contribution in [2.75, 3.05) is 5.32 Å². The van der Waals surface area contributed by atoms with E-state index in [-0.39, 0.29) is 17.9 Å². The highest BCUT2D eigenvalue weighted by Crippen LogP contribution is 2.25. The molecule has 5 heteroatoms. The first kappa shape index (κ1) is 14.0. The van der Waals surface area contributed by atoms with Crippen LogP contribution in [0.5, 0.6) is 0 Å². The molecule has 1 unspecified atom stereocenters. The van der Waals surface area contributed by atoms with Gasteiger partial charge in [-0.15, -0.1) is 11.3 Å². The molecule has 0 saturated carbocycles. The minimum absolute atomic E-state index is 0.0713. The fraction of sp³-hybridized carbons (Fsp3) is 0.667. The number of nitrogens with one attached hydrogen (secondary N) is 1. The van der Waals surface area contributed by atoms with Crippen molar-refractivity contribution in [3.05, 3.63) is 11.1 Å². The number of nitrogens with zero attached hydrogens (tertiary/aromatic N) is 1. The molecule has 17 heavy (non-hydrogen) atoms. The molecule has 0 spiro atoms.